The van der Waals surface area contributed by atoms with E-state index in [1.807, 2.05) is 43.1 Å². The normalized spacial score (nSPS) is 24.2. The van der Waals surface area contributed by atoms with Gasteiger partial charge in [0.2, 0.25) is 5.91 Å². The molecule has 3 atom stereocenters. The van der Waals surface area contributed by atoms with Gasteiger partial charge >= 0.3 is 0 Å². The molecule has 1 aromatic carbocycles. The third kappa shape index (κ3) is 3.98. The SMILES string of the molecule is CC(c1ccc(Cl)cc1)N(C)C(=O)C1CCCCCC1N. The molecule has 4 heteroatoms. The van der Waals surface area contributed by atoms with E-state index in [4.69, 9.17) is 17.3 Å². The lowest BCUT2D eigenvalue weighted by molar-refractivity contribution is -0.137. The van der Waals surface area contributed by atoms with E-state index >= 15 is 0 Å². The van der Waals surface area contributed by atoms with E-state index in [1.54, 1.807) is 0 Å². The van der Waals surface area contributed by atoms with Crippen LogP contribution in [-0.2, 0) is 4.79 Å². The summed E-state index contributed by atoms with van der Waals surface area (Å²) >= 11 is 5.92. The van der Waals surface area contributed by atoms with Crippen molar-refractivity contribution < 1.29 is 4.79 Å². The Labute approximate surface area is 132 Å². The molecular formula is C17H25ClN2O. The first-order valence-corrected chi connectivity index (χ1v) is 8.16. The molecular weight excluding hydrogens is 284 g/mol. The summed E-state index contributed by atoms with van der Waals surface area (Å²) in [5.41, 5.74) is 7.31. The zero-order valence-corrected chi connectivity index (χ0v) is 13.6. The average molecular weight is 309 g/mol. The summed E-state index contributed by atoms with van der Waals surface area (Å²) in [7, 11) is 1.87. The van der Waals surface area contributed by atoms with Crippen LogP contribution < -0.4 is 5.73 Å². The number of hydrogen-bond donors (Lipinski definition) is 1. The van der Waals surface area contributed by atoms with E-state index in [9.17, 15) is 4.79 Å². The number of carbonyl (C=O) groups is 1. The quantitative estimate of drug-likeness (QED) is 0.864. The number of nitrogens with two attached hydrogens (primary N) is 1. The Hall–Kier alpha value is -1.06. The smallest absolute Gasteiger partial charge is 0.227 e. The molecule has 1 aliphatic carbocycles. The summed E-state index contributed by atoms with van der Waals surface area (Å²) in [5, 5.41) is 0.714. The molecule has 0 aliphatic heterocycles. The monoisotopic (exact) mass is 308 g/mol. The zero-order chi connectivity index (χ0) is 15.4. The van der Waals surface area contributed by atoms with Gasteiger partial charge in [0.15, 0.2) is 0 Å². The van der Waals surface area contributed by atoms with Crippen LogP contribution in [0.1, 0.15) is 50.6 Å². The minimum Gasteiger partial charge on any atom is -0.339 e. The van der Waals surface area contributed by atoms with Gasteiger partial charge < -0.3 is 10.6 Å². The van der Waals surface area contributed by atoms with Crippen LogP contribution >= 0.6 is 11.6 Å². The number of hydrogen-bond acceptors (Lipinski definition) is 2. The summed E-state index contributed by atoms with van der Waals surface area (Å²) < 4.78 is 0. The number of carbonyl (C=O) groups excluding carboxylic acids is 1. The molecule has 2 N–H and O–H groups in total. The summed E-state index contributed by atoms with van der Waals surface area (Å²) in [6.07, 6.45) is 5.31. The predicted molar refractivity (Wildman–Crippen MR) is 87.2 cm³/mol. The van der Waals surface area contributed by atoms with Crippen LogP contribution in [0.15, 0.2) is 24.3 Å². The Morgan fingerprint density at radius 1 is 1.24 bits per heavy atom. The van der Waals surface area contributed by atoms with Crippen molar-refractivity contribution in [2.75, 3.05) is 7.05 Å². The maximum Gasteiger partial charge on any atom is 0.227 e. The lowest BCUT2D eigenvalue weighted by atomic mass is 9.93. The maximum absolute atomic E-state index is 12.8. The lowest BCUT2D eigenvalue weighted by Crippen LogP contribution is -2.43. The third-order valence-corrected chi connectivity index (χ3v) is 4.92. The largest absolute Gasteiger partial charge is 0.339 e. The van der Waals surface area contributed by atoms with Crippen molar-refractivity contribution in [1.29, 1.82) is 0 Å². The fraction of sp³-hybridized carbons (Fsp3) is 0.588. The number of benzene rings is 1. The molecule has 0 radical (unpaired) electrons. The van der Waals surface area contributed by atoms with Crippen molar-refractivity contribution in [3.05, 3.63) is 34.9 Å². The van der Waals surface area contributed by atoms with Crippen molar-refractivity contribution in [3.63, 3.8) is 0 Å². The van der Waals surface area contributed by atoms with Crippen molar-refractivity contribution in [1.82, 2.24) is 4.90 Å². The first-order chi connectivity index (χ1) is 10.0. The van der Waals surface area contributed by atoms with Gasteiger partial charge in [0.05, 0.1) is 12.0 Å². The van der Waals surface area contributed by atoms with E-state index in [1.165, 1.54) is 6.42 Å². The number of amides is 1. The topological polar surface area (TPSA) is 46.3 Å². The standard InChI is InChI=1S/C17H25ClN2O/c1-12(13-8-10-14(18)11-9-13)20(2)17(21)15-6-4-3-5-7-16(15)19/h8-12,15-16H,3-7,19H2,1-2H3. The Kier molecular flexibility index (Phi) is 5.65. The second-order valence-electron chi connectivity index (χ2n) is 6.09. The zero-order valence-electron chi connectivity index (χ0n) is 12.9. The molecule has 1 aliphatic rings. The number of nitrogens with zero attached hydrogens (tertiary/aromatic N) is 1. The van der Waals surface area contributed by atoms with Gasteiger partial charge in [0, 0.05) is 18.1 Å². The minimum absolute atomic E-state index is 0.000122. The van der Waals surface area contributed by atoms with E-state index < -0.39 is 0 Å². The fourth-order valence-electron chi connectivity index (χ4n) is 3.06. The number of rotatable bonds is 3. The van der Waals surface area contributed by atoms with Crippen LogP contribution in [0.4, 0.5) is 0 Å². The van der Waals surface area contributed by atoms with Gasteiger partial charge in [0.1, 0.15) is 0 Å². The molecule has 0 spiro atoms. The highest BCUT2D eigenvalue weighted by Crippen LogP contribution is 2.27. The Bertz CT molecular complexity index is 474. The predicted octanol–water partition coefficient (Wildman–Crippen LogP) is 3.77. The van der Waals surface area contributed by atoms with E-state index in [0.29, 0.717) is 5.02 Å². The van der Waals surface area contributed by atoms with Crippen molar-refractivity contribution >= 4 is 17.5 Å². The highest BCUT2D eigenvalue weighted by molar-refractivity contribution is 6.30. The molecule has 0 aromatic heterocycles. The first kappa shape index (κ1) is 16.3. The molecule has 21 heavy (non-hydrogen) atoms. The van der Waals surface area contributed by atoms with Gasteiger partial charge in [-0.1, -0.05) is 43.0 Å². The fourth-order valence-corrected chi connectivity index (χ4v) is 3.19. The molecule has 1 aromatic rings. The molecule has 0 bridgehead atoms. The molecule has 1 saturated carbocycles. The average Bonchev–Trinajstić information content (AvgIpc) is 2.70. The van der Waals surface area contributed by atoms with Gasteiger partial charge in [-0.15, -0.1) is 0 Å². The summed E-state index contributed by atoms with van der Waals surface area (Å²) in [5.74, 6) is 0.138. The molecule has 1 fully saturated rings. The molecule has 1 amide bonds. The van der Waals surface area contributed by atoms with Crippen molar-refractivity contribution in [3.8, 4) is 0 Å². The van der Waals surface area contributed by atoms with E-state index in [0.717, 1.165) is 31.2 Å². The van der Waals surface area contributed by atoms with Crippen LogP contribution in [0.3, 0.4) is 0 Å². The Balaban J connectivity index is 2.08. The lowest BCUT2D eigenvalue weighted by Gasteiger charge is -2.31. The number of halogens is 1. The Morgan fingerprint density at radius 3 is 2.52 bits per heavy atom. The highest BCUT2D eigenvalue weighted by atomic mass is 35.5. The van der Waals surface area contributed by atoms with Crippen LogP contribution in [0.5, 0.6) is 0 Å². The molecule has 116 valence electrons. The van der Waals surface area contributed by atoms with Crippen LogP contribution in [0, 0.1) is 5.92 Å². The van der Waals surface area contributed by atoms with Gasteiger partial charge in [-0.3, -0.25) is 4.79 Å². The van der Waals surface area contributed by atoms with Crippen LogP contribution in [0.25, 0.3) is 0 Å². The molecule has 3 nitrogen and oxygen atoms in total. The second kappa shape index (κ2) is 7.28. The first-order valence-electron chi connectivity index (χ1n) is 7.78. The van der Waals surface area contributed by atoms with E-state index in [-0.39, 0.29) is 23.9 Å². The summed E-state index contributed by atoms with van der Waals surface area (Å²) in [4.78, 5) is 14.6. The second-order valence-corrected chi connectivity index (χ2v) is 6.52. The third-order valence-electron chi connectivity index (χ3n) is 4.67. The van der Waals surface area contributed by atoms with Gasteiger partial charge in [-0.25, -0.2) is 0 Å². The van der Waals surface area contributed by atoms with Gasteiger partial charge in [-0.2, -0.15) is 0 Å². The van der Waals surface area contributed by atoms with Crippen molar-refractivity contribution in [2.24, 2.45) is 11.7 Å². The van der Waals surface area contributed by atoms with Crippen LogP contribution in [0.2, 0.25) is 5.02 Å². The maximum atomic E-state index is 12.8. The Morgan fingerprint density at radius 2 is 1.86 bits per heavy atom. The minimum atomic E-state index is -0.0350. The van der Waals surface area contributed by atoms with Crippen molar-refractivity contribution in [2.45, 2.75) is 51.1 Å². The van der Waals surface area contributed by atoms with Gasteiger partial charge in [-0.05, 0) is 37.5 Å². The van der Waals surface area contributed by atoms with E-state index in [2.05, 4.69) is 0 Å². The molecule has 0 saturated heterocycles. The highest BCUT2D eigenvalue weighted by Gasteiger charge is 2.31. The van der Waals surface area contributed by atoms with Crippen LogP contribution in [-0.4, -0.2) is 23.9 Å². The summed E-state index contributed by atoms with van der Waals surface area (Å²) in [6, 6.07) is 7.71. The molecule has 2 rings (SSSR count). The van der Waals surface area contributed by atoms with Gasteiger partial charge in [0.25, 0.3) is 0 Å². The molecule has 3 unspecified atom stereocenters. The summed E-state index contributed by atoms with van der Waals surface area (Å²) in [6.45, 7) is 2.05. The molecule has 0 heterocycles.